The number of benzene rings is 1. The number of hydrogen-bond donors (Lipinski definition) is 1. The van der Waals surface area contributed by atoms with Gasteiger partial charge in [0.1, 0.15) is 0 Å². The Morgan fingerprint density at radius 3 is 2.27 bits per heavy atom. The van der Waals surface area contributed by atoms with Gasteiger partial charge in [-0.05, 0) is 12.0 Å². The van der Waals surface area contributed by atoms with Gasteiger partial charge < -0.3 is 5.11 Å². The molecule has 2 heteroatoms. The van der Waals surface area contributed by atoms with Gasteiger partial charge in [0.2, 0.25) is 0 Å². The van der Waals surface area contributed by atoms with E-state index < -0.39 is 0 Å². The van der Waals surface area contributed by atoms with Gasteiger partial charge in [-0.15, -0.1) is 0 Å². The third-order valence-corrected chi connectivity index (χ3v) is 1.57. The summed E-state index contributed by atoms with van der Waals surface area (Å²) in [5, 5.41) is 9.33. The van der Waals surface area contributed by atoms with Gasteiger partial charge in [0.05, 0.1) is 6.10 Å². The second-order valence-corrected chi connectivity index (χ2v) is 2.33. The molecule has 56 valence electrons. The third kappa shape index (κ3) is 3.12. The van der Waals surface area contributed by atoms with E-state index in [0.717, 1.165) is 12.0 Å². The summed E-state index contributed by atoms with van der Waals surface area (Å²) in [4.78, 5) is 0. The second kappa shape index (κ2) is 5.43. The third-order valence-electron chi connectivity index (χ3n) is 1.57. The molecule has 0 amide bonds. The Hall–Kier alpha value is -0.223. The van der Waals surface area contributed by atoms with Gasteiger partial charge in [-0.1, -0.05) is 37.3 Å². The summed E-state index contributed by atoms with van der Waals surface area (Å²) < 4.78 is 0. The van der Waals surface area contributed by atoms with Crippen molar-refractivity contribution in [1.29, 1.82) is 0 Å². The van der Waals surface area contributed by atoms with E-state index in [2.05, 4.69) is 0 Å². The fraction of sp³-hybridized carbons (Fsp3) is 0.333. The zero-order valence-corrected chi connectivity index (χ0v) is 6.12. The van der Waals surface area contributed by atoms with E-state index in [4.69, 9.17) is 0 Å². The van der Waals surface area contributed by atoms with Crippen LogP contribution in [0, 0.1) is 0 Å². The zero-order chi connectivity index (χ0) is 7.40. The van der Waals surface area contributed by atoms with E-state index in [-0.39, 0.29) is 25.0 Å². The summed E-state index contributed by atoms with van der Waals surface area (Å²) in [5.74, 6) is 0. The van der Waals surface area contributed by atoms with Crippen LogP contribution in [-0.2, 0) is 0 Å². The molecule has 1 atom stereocenters. The van der Waals surface area contributed by atoms with E-state index in [1.165, 1.54) is 0 Å². The Balaban J connectivity index is 0.000001000. The summed E-state index contributed by atoms with van der Waals surface area (Å²) in [6, 6.07) is 9.70. The average molecular weight is 144 g/mol. The Morgan fingerprint density at radius 2 is 1.82 bits per heavy atom. The van der Waals surface area contributed by atoms with Crippen LogP contribution >= 0.6 is 0 Å². The van der Waals surface area contributed by atoms with Gasteiger partial charge in [0.25, 0.3) is 0 Å². The molecule has 0 bridgehead atoms. The Kier molecular flexibility index (Phi) is 5.32. The first-order valence-electron chi connectivity index (χ1n) is 3.57. The summed E-state index contributed by atoms with van der Waals surface area (Å²) in [5.41, 5.74) is 1.00. The predicted molar refractivity (Wildman–Crippen MR) is 48.8 cm³/mol. The minimum absolute atomic E-state index is 0. The van der Waals surface area contributed by atoms with E-state index in [9.17, 15) is 5.11 Å². The maximum atomic E-state index is 9.33. The second-order valence-electron chi connectivity index (χ2n) is 2.33. The van der Waals surface area contributed by atoms with Crippen molar-refractivity contribution in [2.45, 2.75) is 19.4 Å². The first-order chi connectivity index (χ1) is 4.84. The van der Waals surface area contributed by atoms with Crippen molar-refractivity contribution in [3.05, 3.63) is 35.9 Å². The Bertz CT molecular complexity index is 186. The van der Waals surface area contributed by atoms with Gasteiger partial charge in [-0.2, -0.15) is 0 Å². The first-order valence-corrected chi connectivity index (χ1v) is 3.57. The number of hydrogen-bond acceptors (Lipinski definition) is 1. The molecule has 1 nitrogen and oxygen atoms in total. The van der Waals surface area contributed by atoms with Crippen LogP contribution in [0.15, 0.2) is 30.3 Å². The molecule has 11 heavy (non-hydrogen) atoms. The number of aliphatic hydroxyl groups excluding tert-OH is 1. The van der Waals surface area contributed by atoms with Gasteiger partial charge in [0.15, 0.2) is 0 Å². The predicted octanol–water partition coefficient (Wildman–Crippen LogP) is 1.48. The van der Waals surface area contributed by atoms with Crippen LogP contribution in [0.25, 0.3) is 0 Å². The topological polar surface area (TPSA) is 20.2 Å². The molecule has 0 saturated heterocycles. The van der Waals surface area contributed by atoms with Crippen LogP contribution in [0.5, 0.6) is 0 Å². The number of aliphatic hydroxyl groups is 1. The first kappa shape index (κ1) is 10.8. The summed E-state index contributed by atoms with van der Waals surface area (Å²) >= 11 is 0. The van der Waals surface area contributed by atoms with E-state index in [1.54, 1.807) is 0 Å². The number of rotatable bonds is 2. The van der Waals surface area contributed by atoms with E-state index >= 15 is 0 Å². The molecule has 0 aliphatic carbocycles. The van der Waals surface area contributed by atoms with Gasteiger partial charge in [0, 0.05) is 0 Å². The summed E-state index contributed by atoms with van der Waals surface area (Å²) in [7, 11) is 0. The van der Waals surface area contributed by atoms with Gasteiger partial charge in [-0.3, -0.25) is 0 Å². The van der Waals surface area contributed by atoms with Crippen molar-refractivity contribution < 1.29 is 5.11 Å². The molecule has 0 spiro atoms. The van der Waals surface area contributed by atoms with Crippen LogP contribution < -0.4 is 0 Å². The molecule has 1 rings (SSSR count). The molecule has 0 radical (unpaired) electrons. The van der Waals surface area contributed by atoms with Crippen molar-refractivity contribution in [2.24, 2.45) is 0 Å². The normalized spacial score (nSPS) is 11.8. The molecule has 0 heterocycles. The molecule has 0 aliphatic rings. The molecule has 1 N–H and O–H groups in total. The van der Waals surface area contributed by atoms with Crippen molar-refractivity contribution in [1.82, 2.24) is 0 Å². The van der Waals surface area contributed by atoms with Crippen molar-refractivity contribution in [3.63, 3.8) is 0 Å². The fourth-order valence-corrected chi connectivity index (χ4v) is 0.911. The van der Waals surface area contributed by atoms with Gasteiger partial charge in [-0.25, -0.2) is 0 Å². The average Bonchev–Trinajstić information content (AvgIpc) is 2.05. The monoisotopic (exact) mass is 144 g/mol. The molecule has 1 unspecified atom stereocenters. The van der Waals surface area contributed by atoms with Crippen LogP contribution in [0.3, 0.4) is 0 Å². The molecular weight excluding hydrogens is 131 g/mol. The van der Waals surface area contributed by atoms with Crippen molar-refractivity contribution in [3.8, 4) is 0 Å². The van der Waals surface area contributed by atoms with E-state index in [1.807, 2.05) is 37.3 Å². The Morgan fingerprint density at radius 1 is 1.27 bits per heavy atom. The van der Waals surface area contributed by atoms with Gasteiger partial charge >= 0.3 is 18.9 Å². The van der Waals surface area contributed by atoms with E-state index in [0.29, 0.717) is 0 Å². The molecule has 1 aromatic carbocycles. The molecule has 0 fully saturated rings. The molecule has 1 aromatic rings. The Labute approximate surface area is 79.6 Å². The van der Waals surface area contributed by atoms with Crippen LogP contribution in [-0.4, -0.2) is 24.0 Å². The fourth-order valence-electron chi connectivity index (χ4n) is 0.911. The maximum absolute atomic E-state index is 9.33. The summed E-state index contributed by atoms with van der Waals surface area (Å²) in [6.07, 6.45) is 0.491. The van der Waals surface area contributed by atoms with Crippen molar-refractivity contribution >= 4 is 18.9 Å². The molecule has 0 saturated carbocycles. The van der Waals surface area contributed by atoms with Crippen LogP contribution in [0.4, 0.5) is 0 Å². The molecular formula is C9H13LiO. The standard InChI is InChI=1S/C9H12O.Li.H/c1-2-9(10)8-6-4-3-5-7-8;;/h3-7,9-10H,2H2,1H3;;. The molecule has 0 aliphatic heterocycles. The SMILES string of the molecule is CCC(O)c1ccccc1.[LiH]. The summed E-state index contributed by atoms with van der Waals surface area (Å²) in [6.45, 7) is 1.97. The zero-order valence-electron chi connectivity index (χ0n) is 6.12. The minimum atomic E-state index is -0.291. The van der Waals surface area contributed by atoms with Crippen LogP contribution in [0.2, 0.25) is 0 Å². The quantitative estimate of drug-likeness (QED) is 0.623. The van der Waals surface area contributed by atoms with Crippen LogP contribution in [0.1, 0.15) is 25.0 Å². The molecule has 0 aromatic heterocycles. The van der Waals surface area contributed by atoms with Crippen molar-refractivity contribution in [2.75, 3.05) is 0 Å².